The van der Waals surface area contributed by atoms with E-state index in [1.165, 1.54) is 11.1 Å². The molecule has 4 bridgehead atoms. The molecule has 0 saturated carbocycles. The molecule has 0 atom stereocenters. The van der Waals surface area contributed by atoms with Gasteiger partial charge in [-0.2, -0.15) is 18.2 Å². The zero-order valence-corrected chi connectivity index (χ0v) is 43.0. The van der Waals surface area contributed by atoms with Gasteiger partial charge in [-0.3, -0.25) is 4.57 Å². The van der Waals surface area contributed by atoms with Crippen LogP contribution in [0.3, 0.4) is 0 Å². The summed E-state index contributed by atoms with van der Waals surface area (Å²) in [7, 11) is 0. The summed E-state index contributed by atoms with van der Waals surface area (Å²) in [6.07, 6.45) is 8.66. The van der Waals surface area contributed by atoms with Crippen molar-refractivity contribution < 1.29 is 44.1 Å². The number of aryl methyl sites for hydroxylation is 4. The fraction of sp³-hybridized carbons (Fsp3) is 0.118. The minimum absolute atomic E-state index is 0. The van der Waals surface area contributed by atoms with Crippen molar-refractivity contribution in [2.45, 2.75) is 51.9 Å². The molecule has 0 fully saturated rings. The van der Waals surface area contributed by atoms with Gasteiger partial charge in [-0.05, 0) is 128 Å². The summed E-state index contributed by atoms with van der Waals surface area (Å²) in [5, 5.41) is 2.02. The summed E-state index contributed by atoms with van der Waals surface area (Å²) in [5.41, 5.74) is 11.3. The van der Waals surface area contributed by atoms with Crippen molar-refractivity contribution in [1.82, 2.24) is 14.1 Å². The number of para-hydroxylation sites is 2. The van der Waals surface area contributed by atoms with Gasteiger partial charge in [-0.1, -0.05) is 178 Å². The molecule has 4 aliphatic rings. The van der Waals surface area contributed by atoms with Crippen molar-refractivity contribution in [2.24, 2.45) is 0 Å². The molecular weight excluding hydrogens is 1080 g/mol. The summed E-state index contributed by atoms with van der Waals surface area (Å²) in [4.78, 5) is 4.85. The van der Waals surface area contributed by atoms with E-state index < -0.39 is 60.4 Å². The van der Waals surface area contributed by atoms with Crippen molar-refractivity contribution in [2.75, 3.05) is 0 Å². The fourth-order valence-electron chi connectivity index (χ4n) is 10.2. The number of benzene rings is 9. The number of pyridine rings is 1. The van der Waals surface area contributed by atoms with Crippen LogP contribution in [0.2, 0.25) is 0 Å². The standard InChI is InChI=1S/C68H52N4O.Pt/c1-68(2,3)53-38-39-69-66(42-53)72-62-23-11-10-20-59(62)60-36-35-56(44-64(60)72)73-55-19-12-18-54(43-55)70-45-71(67-57(49-14-6-4-7-15-49)21-13-22-58(67)50-16-8-5-9-17-50)65-41-52(34-37-63(65)70)61-40-48-29-28-46-24-26-47(27-25-46)30-32-51(61)33-31-48;/h4-27,31,33-42H,28-30,32H2,1-3H3;/q-2;/i4D,5D,6D,7D,8D,9D,14D,15D,16D,17D;. The quantitative estimate of drug-likeness (QED) is 0.112. The molecule has 0 saturated heterocycles. The maximum atomic E-state index is 9.30. The summed E-state index contributed by atoms with van der Waals surface area (Å²) < 4.78 is 102. The number of nitrogens with zero attached hydrogens (tertiary/aromatic N) is 4. The number of fused-ring (bicyclic) bond motifs is 4. The third-order valence-corrected chi connectivity index (χ3v) is 14.0. The van der Waals surface area contributed by atoms with E-state index in [4.69, 9.17) is 17.9 Å². The SMILES string of the molecule is [2H]c1c([2H])c([2H])c(-c2cccc(-c3c([2H])c([2H])c([2H])c([2H])c3[2H])c2-[n+]2[c-]n(-c3[c-]c(Oc4[c-]c5c(cc4)c4ccccc4n5-c4cc(C(C)(C)C)ccn4)ccc3)c3ccc(-c4cc5ccc4CCc4ccc(cc4)CC5)cc32)c([2H])c1[2H].[Pt]. The molecule has 3 aromatic heterocycles. The molecule has 12 aromatic rings. The van der Waals surface area contributed by atoms with Crippen LogP contribution in [-0.4, -0.2) is 14.1 Å². The Bertz CT molecular complexity index is 4520. The van der Waals surface area contributed by atoms with Crippen molar-refractivity contribution >= 4 is 32.8 Å². The first-order chi connectivity index (χ1) is 39.9. The first-order valence-electron chi connectivity index (χ1n) is 29.5. The summed E-state index contributed by atoms with van der Waals surface area (Å²) >= 11 is 0. The van der Waals surface area contributed by atoms with E-state index >= 15 is 0 Å². The Kier molecular flexibility index (Phi) is 9.63. The molecule has 3 heterocycles. The minimum atomic E-state index is -0.575. The topological polar surface area (TPSA) is 35.9 Å². The fourth-order valence-corrected chi connectivity index (χ4v) is 10.2. The first kappa shape index (κ1) is 36.7. The summed E-state index contributed by atoms with van der Waals surface area (Å²) in [5.74, 6) is 1.54. The molecule has 0 radical (unpaired) electrons. The number of ether oxygens (including phenoxy) is 1. The Hall–Kier alpha value is -8.11. The number of aromatic nitrogens is 4. The zero-order valence-electron chi connectivity index (χ0n) is 50.8. The molecule has 74 heavy (non-hydrogen) atoms. The van der Waals surface area contributed by atoms with Crippen molar-refractivity contribution in [3.05, 3.63) is 258 Å². The average molecular weight is 1150 g/mol. The maximum Gasteiger partial charge on any atom is 0.268 e. The number of rotatable bonds is 8. The predicted molar refractivity (Wildman–Crippen MR) is 296 cm³/mol. The maximum absolute atomic E-state index is 9.30. The number of hydrogen-bond donors (Lipinski definition) is 0. The Morgan fingerprint density at radius 1 is 0.568 bits per heavy atom. The van der Waals surface area contributed by atoms with Gasteiger partial charge >= 0.3 is 0 Å². The van der Waals surface area contributed by atoms with E-state index in [1.54, 1.807) is 33.4 Å². The van der Waals surface area contributed by atoms with Gasteiger partial charge in [0.05, 0.1) is 30.4 Å². The van der Waals surface area contributed by atoms with Crippen molar-refractivity contribution in [3.63, 3.8) is 0 Å². The van der Waals surface area contributed by atoms with Gasteiger partial charge < -0.3 is 13.9 Å². The number of imidazole rings is 1. The zero-order chi connectivity index (χ0) is 57.7. The van der Waals surface area contributed by atoms with Crippen LogP contribution in [0, 0.1) is 18.5 Å². The second-order valence-electron chi connectivity index (χ2n) is 19.6. The van der Waals surface area contributed by atoms with Gasteiger partial charge in [-0.25, -0.2) is 4.98 Å². The monoisotopic (exact) mass is 1150 g/mol. The van der Waals surface area contributed by atoms with Crippen LogP contribution in [-0.2, 0) is 52.2 Å². The Morgan fingerprint density at radius 3 is 1.99 bits per heavy atom. The molecular formula is C68H52N4OPt-2. The van der Waals surface area contributed by atoms with Gasteiger partial charge in [0.2, 0.25) is 0 Å². The van der Waals surface area contributed by atoms with Crippen LogP contribution in [0.4, 0.5) is 0 Å². The van der Waals surface area contributed by atoms with Crippen LogP contribution < -0.4 is 9.30 Å². The molecule has 0 N–H and O–H groups in total. The minimum Gasteiger partial charge on any atom is -0.510 e. The molecule has 4 aliphatic carbocycles. The molecule has 5 nitrogen and oxygen atoms in total. The molecule has 6 heteroatoms. The van der Waals surface area contributed by atoms with E-state index in [1.807, 2.05) is 60.8 Å². The molecule has 0 unspecified atom stereocenters. The first-order valence-corrected chi connectivity index (χ1v) is 24.5. The Morgan fingerprint density at radius 2 is 1.24 bits per heavy atom. The Labute approximate surface area is 461 Å². The van der Waals surface area contributed by atoms with Gasteiger partial charge in [-0.15, -0.1) is 29.7 Å². The van der Waals surface area contributed by atoms with Crippen LogP contribution in [0.15, 0.2) is 212 Å². The number of hydrogen-bond acceptors (Lipinski definition) is 2. The molecule has 16 rings (SSSR count). The van der Waals surface area contributed by atoms with E-state index in [0.717, 1.165) is 81.1 Å². The second kappa shape index (κ2) is 19.4. The molecule has 9 aromatic carbocycles. The van der Waals surface area contributed by atoms with Crippen molar-refractivity contribution in [3.8, 4) is 62.1 Å². The normalized spacial score (nSPS) is 14.4. The summed E-state index contributed by atoms with van der Waals surface area (Å²) in [6, 6.07) is 49.9. The van der Waals surface area contributed by atoms with E-state index in [9.17, 15) is 5.48 Å². The van der Waals surface area contributed by atoms with Gasteiger partial charge in [0.1, 0.15) is 5.82 Å². The molecule has 0 amide bonds. The van der Waals surface area contributed by atoms with E-state index in [-0.39, 0.29) is 54.4 Å². The molecule has 0 spiro atoms. The Balaban J connectivity index is 0.00000694. The smallest absolute Gasteiger partial charge is 0.268 e. The third-order valence-electron chi connectivity index (χ3n) is 14.0. The molecule has 362 valence electrons. The largest absolute Gasteiger partial charge is 0.510 e. The predicted octanol–water partition coefficient (Wildman–Crippen LogP) is 15.8. The van der Waals surface area contributed by atoms with E-state index in [0.29, 0.717) is 28.2 Å². The second-order valence-corrected chi connectivity index (χ2v) is 19.6. The van der Waals surface area contributed by atoms with Crippen molar-refractivity contribution in [1.29, 1.82) is 0 Å². The van der Waals surface area contributed by atoms with Crippen LogP contribution in [0.1, 0.15) is 62.3 Å². The van der Waals surface area contributed by atoms with Crippen LogP contribution in [0.5, 0.6) is 11.5 Å². The van der Waals surface area contributed by atoms with E-state index in [2.05, 4.69) is 111 Å². The average Bonchev–Trinajstić information content (AvgIpc) is 1.60. The third kappa shape index (κ3) is 8.75. The summed E-state index contributed by atoms with van der Waals surface area (Å²) in [6.45, 7) is 6.53. The van der Waals surface area contributed by atoms with Gasteiger partial charge in [0.15, 0.2) is 0 Å². The van der Waals surface area contributed by atoms with Gasteiger partial charge in [0, 0.05) is 44.3 Å². The molecule has 0 aliphatic heterocycles. The van der Waals surface area contributed by atoms with Gasteiger partial charge in [0.25, 0.3) is 6.33 Å². The van der Waals surface area contributed by atoms with Crippen LogP contribution in [0.25, 0.3) is 83.4 Å². The van der Waals surface area contributed by atoms with Crippen LogP contribution >= 0.6 is 0 Å².